The van der Waals surface area contributed by atoms with Gasteiger partial charge < -0.3 is 16.2 Å². The van der Waals surface area contributed by atoms with E-state index in [1.807, 2.05) is 0 Å². The number of hydrogen-bond donors (Lipinski definition) is 3. The highest BCUT2D eigenvalue weighted by Gasteiger charge is 2.10. The van der Waals surface area contributed by atoms with Gasteiger partial charge in [-0.05, 0) is 30.3 Å². The van der Waals surface area contributed by atoms with Crippen molar-refractivity contribution in [1.29, 1.82) is 5.26 Å². The molecule has 1 heterocycles. The number of carbonyl (C=O) groups is 1. The van der Waals surface area contributed by atoms with E-state index in [2.05, 4.69) is 10.3 Å². The van der Waals surface area contributed by atoms with Gasteiger partial charge in [0, 0.05) is 5.69 Å². The SMILES string of the molecule is N#Cc1cc(Nc2nc(C(=O)O)ccc2N)ccc1F. The van der Waals surface area contributed by atoms with Gasteiger partial charge in [0.05, 0.1) is 11.3 Å². The van der Waals surface area contributed by atoms with Crippen LogP contribution in [0.5, 0.6) is 0 Å². The number of carboxylic acid groups (broad SMARTS) is 1. The standard InChI is InChI=1S/C13H9FN4O2/c14-9-2-1-8(5-7(9)6-15)17-12-10(16)3-4-11(18-12)13(19)20/h1-5H,16H2,(H,17,18)(H,19,20). The first kappa shape index (κ1) is 13.3. The van der Waals surface area contributed by atoms with Crippen LogP contribution in [0.15, 0.2) is 30.3 Å². The fourth-order valence-electron chi connectivity index (χ4n) is 1.51. The number of carboxylic acids is 1. The Morgan fingerprint density at radius 1 is 1.40 bits per heavy atom. The van der Waals surface area contributed by atoms with Gasteiger partial charge in [-0.25, -0.2) is 14.2 Å². The molecule has 20 heavy (non-hydrogen) atoms. The lowest BCUT2D eigenvalue weighted by atomic mass is 10.2. The highest BCUT2D eigenvalue weighted by molar-refractivity contribution is 5.87. The number of halogens is 1. The minimum atomic E-state index is -1.19. The van der Waals surface area contributed by atoms with E-state index >= 15 is 0 Å². The minimum absolute atomic E-state index is 0.125. The molecule has 1 aromatic heterocycles. The van der Waals surface area contributed by atoms with E-state index in [9.17, 15) is 9.18 Å². The summed E-state index contributed by atoms with van der Waals surface area (Å²) in [4.78, 5) is 14.7. The number of nitrogens with zero attached hydrogens (tertiary/aromatic N) is 2. The summed E-state index contributed by atoms with van der Waals surface area (Å²) >= 11 is 0. The lowest BCUT2D eigenvalue weighted by Gasteiger charge is -2.09. The molecule has 0 atom stereocenters. The predicted molar refractivity (Wildman–Crippen MR) is 70.0 cm³/mol. The van der Waals surface area contributed by atoms with Crippen molar-refractivity contribution < 1.29 is 14.3 Å². The molecule has 0 unspecified atom stereocenters. The van der Waals surface area contributed by atoms with Gasteiger partial charge in [0.1, 0.15) is 11.9 Å². The van der Waals surface area contributed by atoms with Crippen LogP contribution in [-0.4, -0.2) is 16.1 Å². The van der Waals surface area contributed by atoms with Gasteiger partial charge in [-0.2, -0.15) is 5.26 Å². The van der Waals surface area contributed by atoms with Crippen molar-refractivity contribution in [2.45, 2.75) is 0 Å². The number of aromatic nitrogens is 1. The van der Waals surface area contributed by atoms with Crippen molar-refractivity contribution in [2.75, 3.05) is 11.1 Å². The van der Waals surface area contributed by atoms with Gasteiger partial charge >= 0.3 is 5.97 Å². The maximum absolute atomic E-state index is 13.2. The molecular weight excluding hydrogens is 263 g/mol. The summed E-state index contributed by atoms with van der Waals surface area (Å²) in [7, 11) is 0. The Labute approximate surface area is 113 Å². The number of rotatable bonds is 3. The molecule has 0 aliphatic rings. The maximum Gasteiger partial charge on any atom is 0.354 e. The smallest absolute Gasteiger partial charge is 0.354 e. The number of aromatic carboxylic acids is 1. The second-order valence-electron chi connectivity index (χ2n) is 3.87. The number of nitriles is 1. The average Bonchev–Trinajstić information content (AvgIpc) is 2.43. The average molecular weight is 272 g/mol. The van der Waals surface area contributed by atoms with Crippen LogP contribution in [0.4, 0.5) is 21.6 Å². The van der Waals surface area contributed by atoms with E-state index in [1.54, 1.807) is 6.07 Å². The molecule has 0 saturated carbocycles. The Morgan fingerprint density at radius 2 is 2.15 bits per heavy atom. The van der Waals surface area contributed by atoms with Crippen LogP contribution < -0.4 is 11.1 Å². The van der Waals surface area contributed by atoms with Crippen LogP contribution in [0.3, 0.4) is 0 Å². The van der Waals surface area contributed by atoms with Crippen molar-refractivity contribution in [1.82, 2.24) is 4.98 Å². The normalized spacial score (nSPS) is 9.80. The van der Waals surface area contributed by atoms with Gasteiger partial charge in [0.25, 0.3) is 0 Å². The first-order valence-electron chi connectivity index (χ1n) is 5.47. The Balaban J connectivity index is 2.37. The predicted octanol–water partition coefficient (Wildman–Crippen LogP) is 2.12. The summed E-state index contributed by atoms with van der Waals surface area (Å²) < 4.78 is 13.2. The second kappa shape index (κ2) is 5.24. The highest BCUT2D eigenvalue weighted by atomic mass is 19.1. The number of nitrogens with two attached hydrogens (primary N) is 1. The first-order valence-corrected chi connectivity index (χ1v) is 5.47. The summed E-state index contributed by atoms with van der Waals surface area (Å²) in [6.45, 7) is 0. The molecule has 6 nitrogen and oxygen atoms in total. The van der Waals surface area contributed by atoms with Crippen molar-refractivity contribution >= 4 is 23.2 Å². The number of nitrogens with one attached hydrogen (secondary N) is 1. The van der Waals surface area contributed by atoms with Crippen LogP contribution in [0.1, 0.15) is 16.1 Å². The number of benzene rings is 1. The first-order chi connectivity index (χ1) is 9.51. The summed E-state index contributed by atoms with van der Waals surface area (Å²) in [6.07, 6.45) is 0. The van der Waals surface area contributed by atoms with Crippen LogP contribution in [0.2, 0.25) is 0 Å². The molecule has 1 aromatic carbocycles. The van der Waals surface area contributed by atoms with Gasteiger partial charge in [-0.1, -0.05) is 0 Å². The highest BCUT2D eigenvalue weighted by Crippen LogP contribution is 2.22. The summed E-state index contributed by atoms with van der Waals surface area (Å²) in [6, 6.07) is 8.17. The van der Waals surface area contributed by atoms with E-state index < -0.39 is 11.8 Å². The molecule has 0 amide bonds. The molecule has 0 fully saturated rings. The van der Waals surface area contributed by atoms with E-state index in [1.165, 1.54) is 24.3 Å². The quantitative estimate of drug-likeness (QED) is 0.788. The Morgan fingerprint density at radius 3 is 2.80 bits per heavy atom. The minimum Gasteiger partial charge on any atom is -0.477 e. The molecule has 0 saturated heterocycles. The van der Waals surface area contributed by atoms with E-state index in [4.69, 9.17) is 16.1 Å². The summed E-state index contributed by atoms with van der Waals surface area (Å²) in [5, 5.41) is 20.4. The van der Waals surface area contributed by atoms with Crippen molar-refractivity contribution in [3.8, 4) is 6.07 Å². The van der Waals surface area contributed by atoms with Crippen LogP contribution in [-0.2, 0) is 0 Å². The summed E-state index contributed by atoms with van der Waals surface area (Å²) in [5.74, 6) is -1.71. The molecule has 7 heteroatoms. The third-order valence-electron chi connectivity index (χ3n) is 2.50. The van der Waals surface area contributed by atoms with Crippen LogP contribution >= 0.6 is 0 Å². The van der Waals surface area contributed by atoms with Crippen molar-refractivity contribution in [3.63, 3.8) is 0 Å². The number of anilines is 3. The Kier molecular flexibility index (Phi) is 3.48. The van der Waals surface area contributed by atoms with Crippen molar-refractivity contribution in [2.24, 2.45) is 0 Å². The number of hydrogen-bond acceptors (Lipinski definition) is 5. The third-order valence-corrected chi connectivity index (χ3v) is 2.50. The molecule has 4 N–H and O–H groups in total. The monoisotopic (exact) mass is 272 g/mol. The Bertz CT molecular complexity index is 725. The molecule has 0 aliphatic heterocycles. The lowest BCUT2D eigenvalue weighted by molar-refractivity contribution is 0.0690. The van der Waals surface area contributed by atoms with Gasteiger partial charge in [0.15, 0.2) is 11.5 Å². The molecule has 0 aliphatic carbocycles. The number of nitrogen functional groups attached to an aromatic ring is 1. The molecule has 100 valence electrons. The van der Waals surface area contributed by atoms with E-state index in [0.717, 1.165) is 6.07 Å². The van der Waals surface area contributed by atoms with Gasteiger partial charge in [0.2, 0.25) is 0 Å². The van der Waals surface area contributed by atoms with Crippen molar-refractivity contribution in [3.05, 3.63) is 47.4 Å². The Hall–Kier alpha value is -3.14. The second-order valence-corrected chi connectivity index (χ2v) is 3.87. The molecule has 0 bridgehead atoms. The van der Waals surface area contributed by atoms with Crippen LogP contribution in [0.25, 0.3) is 0 Å². The maximum atomic E-state index is 13.2. The van der Waals surface area contributed by atoms with E-state index in [0.29, 0.717) is 5.69 Å². The fourth-order valence-corrected chi connectivity index (χ4v) is 1.51. The topological polar surface area (TPSA) is 112 Å². The third kappa shape index (κ3) is 2.64. The zero-order chi connectivity index (χ0) is 14.7. The summed E-state index contributed by atoms with van der Waals surface area (Å²) in [5.41, 5.74) is 5.98. The van der Waals surface area contributed by atoms with E-state index in [-0.39, 0.29) is 22.8 Å². The molecule has 0 radical (unpaired) electrons. The fraction of sp³-hybridized carbons (Fsp3) is 0. The molecule has 0 spiro atoms. The largest absolute Gasteiger partial charge is 0.477 e. The molecular formula is C13H9FN4O2. The molecule has 2 aromatic rings. The number of pyridine rings is 1. The van der Waals surface area contributed by atoms with Gasteiger partial charge in [-0.15, -0.1) is 0 Å². The zero-order valence-corrected chi connectivity index (χ0v) is 10.1. The zero-order valence-electron chi connectivity index (χ0n) is 10.1. The molecule has 2 rings (SSSR count). The lowest BCUT2D eigenvalue weighted by Crippen LogP contribution is -2.06. The van der Waals surface area contributed by atoms with Crippen LogP contribution in [0, 0.1) is 17.1 Å². The van der Waals surface area contributed by atoms with Gasteiger partial charge in [-0.3, -0.25) is 0 Å².